The zero-order valence-electron chi connectivity index (χ0n) is 17.3. The number of hydrogen-bond acceptors (Lipinski definition) is 5. The second-order valence-corrected chi connectivity index (χ2v) is 8.73. The van der Waals surface area contributed by atoms with Gasteiger partial charge in [0, 0.05) is 19.2 Å². The minimum absolute atomic E-state index is 0.117. The Bertz CT molecular complexity index is 1030. The molecule has 0 aromatic carbocycles. The SMILES string of the molecule is CCc1cc2[nH]c3c(c(=O)n2n1)CN(CC1CCCN1C(=O)OC(C)(C)C)C3=O. The maximum atomic E-state index is 13.0. The summed E-state index contributed by atoms with van der Waals surface area (Å²) in [5, 5.41) is 4.30. The van der Waals surface area contributed by atoms with Gasteiger partial charge in [-0.2, -0.15) is 9.61 Å². The largest absolute Gasteiger partial charge is 0.444 e. The van der Waals surface area contributed by atoms with Crippen LogP contribution in [0.15, 0.2) is 10.9 Å². The molecule has 2 aromatic heterocycles. The van der Waals surface area contributed by atoms with Crippen molar-refractivity contribution in [1.29, 1.82) is 0 Å². The first-order chi connectivity index (χ1) is 13.7. The molecule has 4 heterocycles. The highest BCUT2D eigenvalue weighted by atomic mass is 16.6. The van der Waals surface area contributed by atoms with Crippen LogP contribution in [-0.4, -0.2) is 61.1 Å². The first-order valence-corrected chi connectivity index (χ1v) is 10.1. The van der Waals surface area contributed by atoms with E-state index in [4.69, 9.17) is 4.74 Å². The molecule has 1 N–H and O–H groups in total. The summed E-state index contributed by atoms with van der Waals surface area (Å²) in [4.78, 5) is 44.7. The Morgan fingerprint density at radius 1 is 1.34 bits per heavy atom. The molecule has 1 saturated heterocycles. The van der Waals surface area contributed by atoms with Crippen LogP contribution in [0, 0.1) is 0 Å². The van der Waals surface area contributed by atoms with Crippen LogP contribution in [0.1, 0.15) is 62.3 Å². The number of aryl methyl sites for hydroxylation is 1. The molecule has 9 heteroatoms. The van der Waals surface area contributed by atoms with Gasteiger partial charge in [-0.05, 0) is 40.0 Å². The smallest absolute Gasteiger partial charge is 0.410 e. The van der Waals surface area contributed by atoms with E-state index < -0.39 is 5.60 Å². The Hall–Kier alpha value is -2.84. The third-order valence-corrected chi connectivity index (χ3v) is 5.41. The van der Waals surface area contributed by atoms with Crippen LogP contribution in [0.2, 0.25) is 0 Å². The summed E-state index contributed by atoms with van der Waals surface area (Å²) in [6.07, 6.45) is 2.02. The standard InChI is InChI=1S/C20H27N5O4/c1-5-12-9-15-21-16-14(17(26)25(15)22-12)11-23(18(16)27)10-13-7-6-8-24(13)19(28)29-20(2,3)4/h9,13,21H,5-8,10-11H2,1-4H3. The molecular formula is C20H27N5O4. The van der Waals surface area contributed by atoms with E-state index in [1.54, 1.807) is 15.9 Å². The number of carbonyl (C=O) groups is 2. The van der Waals surface area contributed by atoms with Crippen molar-refractivity contribution < 1.29 is 14.3 Å². The summed E-state index contributed by atoms with van der Waals surface area (Å²) in [7, 11) is 0. The number of H-pyrrole nitrogens is 1. The van der Waals surface area contributed by atoms with Crippen LogP contribution in [0.4, 0.5) is 4.79 Å². The number of likely N-dealkylation sites (tertiary alicyclic amines) is 1. The first-order valence-electron chi connectivity index (χ1n) is 10.1. The fraction of sp³-hybridized carbons (Fsp3) is 0.600. The van der Waals surface area contributed by atoms with E-state index in [0.717, 1.165) is 18.5 Å². The van der Waals surface area contributed by atoms with Crippen molar-refractivity contribution >= 4 is 17.6 Å². The second-order valence-electron chi connectivity index (χ2n) is 8.73. The number of amides is 2. The average Bonchev–Trinajstić information content (AvgIpc) is 3.33. The fourth-order valence-corrected chi connectivity index (χ4v) is 4.02. The number of nitrogens with one attached hydrogen (secondary N) is 1. The Balaban J connectivity index is 1.54. The van der Waals surface area contributed by atoms with Gasteiger partial charge in [-0.15, -0.1) is 0 Å². The van der Waals surface area contributed by atoms with Crippen molar-refractivity contribution in [1.82, 2.24) is 24.4 Å². The van der Waals surface area contributed by atoms with Crippen molar-refractivity contribution in [2.45, 2.75) is 65.1 Å². The molecule has 29 heavy (non-hydrogen) atoms. The molecule has 0 bridgehead atoms. The number of ether oxygens (including phenoxy) is 1. The van der Waals surface area contributed by atoms with Crippen molar-refractivity contribution in [2.24, 2.45) is 0 Å². The average molecular weight is 401 g/mol. The number of fused-ring (bicyclic) bond motifs is 2. The molecule has 1 fully saturated rings. The van der Waals surface area contributed by atoms with Gasteiger partial charge in [0.1, 0.15) is 16.9 Å². The van der Waals surface area contributed by atoms with E-state index in [0.29, 0.717) is 36.4 Å². The summed E-state index contributed by atoms with van der Waals surface area (Å²) >= 11 is 0. The molecule has 2 amide bonds. The topological polar surface area (TPSA) is 100 Å². The maximum absolute atomic E-state index is 13.0. The van der Waals surface area contributed by atoms with Gasteiger partial charge in [-0.3, -0.25) is 9.59 Å². The van der Waals surface area contributed by atoms with Crippen molar-refractivity contribution in [2.75, 3.05) is 13.1 Å². The van der Waals surface area contributed by atoms with Crippen LogP contribution >= 0.6 is 0 Å². The second kappa shape index (κ2) is 6.89. The number of aromatic nitrogens is 3. The zero-order valence-corrected chi connectivity index (χ0v) is 17.3. The Morgan fingerprint density at radius 3 is 2.79 bits per heavy atom. The van der Waals surface area contributed by atoms with Crippen LogP contribution in [-0.2, 0) is 17.7 Å². The van der Waals surface area contributed by atoms with E-state index >= 15 is 0 Å². The molecule has 0 aliphatic carbocycles. The van der Waals surface area contributed by atoms with Crippen LogP contribution in [0.5, 0.6) is 0 Å². The summed E-state index contributed by atoms with van der Waals surface area (Å²) in [5.74, 6) is -0.213. The van der Waals surface area contributed by atoms with E-state index in [1.165, 1.54) is 4.52 Å². The maximum Gasteiger partial charge on any atom is 0.410 e. The summed E-state index contributed by atoms with van der Waals surface area (Å²) in [6.45, 7) is 8.68. The van der Waals surface area contributed by atoms with Gasteiger partial charge in [0.05, 0.1) is 23.8 Å². The molecule has 1 atom stereocenters. The van der Waals surface area contributed by atoms with E-state index in [1.807, 2.05) is 27.7 Å². The predicted octanol–water partition coefficient (Wildman–Crippen LogP) is 1.94. The Morgan fingerprint density at radius 2 is 2.10 bits per heavy atom. The number of hydrogen-bond donors (Lipinski definition) is 1. The highest BCUT2D eigenvalue weighted by Gasteiger charge is 2.38. The lowest BCUT2D eigenvalue weighted by molar-refractivity contribution is 0.0193. The number of aromatic amines is 1. The lowest BCUT2D eigenvalue weighted by atomic mass is 10.2. The van der Waals surface area contributed by atoms with Crippen molar-refractivity contribution in [3.8, 4) is 0 Å². The third kappa shape index (κ3) is 3.49. The van der Waals surface area contributed by atoms with Gasteiger partial charge in [0.15, 0.2) is 0 Å². The van der Waals surface area contributed by atoms with Gasteiger partial charge in [-0.1, -0.05) is 6.92 Å². The summed E-state index contributed by atoms with van der Waals surface area (Å²) in [5.41, 5.74) is 1.24. The minimum atomic E-state index is -0.567. The Kier molecular flexibility index (Phi) is 4.63. The van der Waals surface area contributed by atoms with Crippen molar-refractivity contribution in [3.63, 3.8) is 0 Å². The van der Waals surface area contributed by atoms with E-state index in [-0.39, 0.29) is 30.1 Å². The van der Waals surface area contributed by atoms with Crippen LogP contribution in [0.3, 0.4) is 0 Å². The van der Waals surface area contributed by atoms with E-state index in [2.05, 4.69) is 10.1 Å². The Labute approximate surface area is 168 Å². The van der Waals surface area contributed by atoms with Gasteiger partial charge >= 0.3 is 6.09 Å². The number of rotatable bonds is 3. The number of carbonyl (C=O) groups excluding carboxylic acids is 2. The quantitative estimate of drug-likeness (QED) is 0.847. The summed E-state index contributed by atoms with van der Waals surface area (Å²) < 4.78 is 6.83. The molecule has 9 nitrogen and oxygen atoms in total. The van der Waals surface area contributed by atoms with E-state index in [9.17, 15) is 14.4 Å². The normalized spacial score (nSPS) is 19.3. The predicted molar refractivity (Wildman–Crippen MR) is 106 cm³/mol. The lowest BCUT2D eigenvalue weighted by Crippen LogP contribution is -2.45. The molecular weight excluding hydrogens is 374 g/mol. The molecule has 2 aliphatic rings. The number of nitrogens with zero attached hydrogens (tertiary/aromatic N) is 4. The zero-order chi connectivity index (χ0) is 20.9. The molecule has 0 radical (unpaired) electrons. The molecule has 156 valence electrons. The molecule has 2 aliphatic heterocycles. The molecule has 1 unspecified atom stereocenters. The van der Waals surface area contributed by atoms with Gasteiger partial charge in [0.2, 0.25) is 0 Å². The highest BCUT2D eigenvalue weighted by molar-refractivity contribution is 5.96. The van der Waals surface area contributed by atoms with Crippen LogP contribution < -0.4 is 5.56 Å². The molecule has 4 rings (SSSR count). The molecule has 2 aromatic rings. The van der Waals surface area contributed by atoms with Crippen molar-refractivity contribution in [3.05, 3.63) is 33.4 Å². The van der Waals surface area contributed by atoms with Gasteiger partial charge in [0.25, 0.3) is 11.5 Å². The fourth-order valence-electron chi connectivity index (χ4n) is 4.02. The first kappa shape index (κ1) is 19.5. The van der Waals surface area contributed by atoms with Gasteiger partial charge in [-0.25, -0.2) is 4.79 Å². The highest BCUT2D eigenvalue weighted by Crippen LogP contribution is 2.25. The molecule has 0 saturated carbocycles. The lowest BCUT2D eigenvalue weighted by Gasteiger charge is -2.30. The van der Waals surface area contributed by atoms with Crippen LogP contribution in [0.25, 0.3) is 5.65 Å². The molecule has 0 spiro atoms. The monoisotopic (exact) mass is 401 g/mol. The minimum Gasteiger partial charge on any atom is -0.444 e. The summed E-state index contributed by atoms with van der Waals surface area (Å²) in [6, 6.07) is 1.67. The van der Waals surface area contributed by atoms with Gasteiger partial charge < -0.3 is 19.5 Å². The third-order valence-electron chi connectivity index (χ3n) is 5.41.